The minimum Gasteiger partial charge on any atom is -0.492 e. The molecule has 1 aromatic carbocycles. The van der Waals surface area contributed by atoms with Crippen LogP contribution >= 0.6 is 0 Å². The monoisotopic (exact) mass is 222 g/mol. The Hall–Kier alpha value is -1.38. The van der Waals surface area contributed by atoms with E-state index in [2.05, 4.69) is 0 Å². The SMILES string of the molecule is CC(=O)c1ccc(F)cc1OCC1CCC1. The third-order valence-corrected chi connectivity index (χ3v) is 3.02. The smallest absolute Gasteiger partial charge is 0.163 e. The summed E-state index contributed by atoms with van der Waals surface area (Å²) in [6, 6.07) is 4.05. The van der Waals surface area contributed by atoms with E-state index in [4.69, 9.17) is 4.74 Å². The molecule has 0 saturated heterocycles. The molecule has 3 heteroatoms. The van der Waals surface area contributed by atoms with Crippen molar-refractivity contribution in [1.29, 1.82) is 0 Å². The Morgan fingerprint density at radius 3 is 2.81 bits per heavy atom. The van der Waals surface area contributed by atoms with Gasteiger partial charge in [-0.2, -0.15) is 0 Å². The number of carbonyl (C=O) groups is 1. The van der Waals surface area contributed by atoms with Crippen molar-refractivity contribution < 1.29 is 13.9 Å². The molecule has 86 valence electrons. The average Bonchev–Trinajstić information content (AvgIpc) is 2.14. The van der Waals surface area contributed by atoms with Crippen molar-refractivity contribution in [2.45, 2.75) is 26.2 Å². The van der Waals surface area contributed by atoms with Crippen molar-refractivity contribution in [3.63, 3.8) is 0 Å². The standard InChI is InChI=1S/C13H15FO2/c1-9(15)12-6-5-11(14)7-13(12)16-8-10-3-2-4-10/h5-7,10H,2-4,8H2,1H3. The maximum absolute atomic E-state index is 13.0. The van der Waals surface area contributed by atoms with Crippen molar-refractivity contribution >= 4 is 5.78 Å². The number of carbonyl (C=O) groups excluding carboxylic acids is 1. The van der Waals surface area contributed by atoms with Crippen LogP contribution in [-0.4, -0.2) is 12.4 Å². The second-order valence-corrected chi connectivity index (χ2v) is 4.30. The number of hydrogen-bond donors (Lipinski definition) is 0. The van der Waals surface area contributed by atoms with Gasteiger partial charge in [0.1, 0.15) is 11.6 Å². The van der Waals surface area contributed by atoms with Crippen molar-refractivity contribution in [3.8, 4) is 5.75 Å². The van der Waals surface area contributed by atoms with Crippen LogP contribution in [0.2, 0.25) is 0 Å². The Balaban J connectivity index is 2.09. The zero-order valence-electron chi connectivity index (χ0n) is 9.33. The van der Waals surface area contributed by atoms with Crippen molar-refractivity contribution in [2.24, 2.45) is 5.92 Å². The van der Waals surface area contributed by atoms with Gasteiger partial charge in [-0.05, 0) is 37.8 Å². The van der Waals surface area contributed by atoms with Crippen LogP contribution in [0.1, 0.15) is 36.5 Å². The summed E-state index contributed by atoms with van der Waals surface area (Å²) in [5.41, 5.74) is 0.459. The van der Waals surface area contributed by atoms with E-state index >= 15 is 0 Å². The van der Waals surface area contributed by atoms with Crippen LogP contribution in [0.15, 0.2) is 18.2 Å². The predicted molar refractivity (Wildman–Crippen MR) is 59.2 cm³/mol. The summed E-state index contributed by atoms with van der Waals surface area (Å²) in [6.45, 7) is 2.05. The fourth-order valence-electron chi connectivity index (χ4n) is 1.77. The number of halogens is 1. The van der Waals surface area contributed by atoms with E-state index in [9.17, 15) is 9.18 Å². The van der Waals surface area contributed by atoms with E-state index in [-0.39, 0.29) is 11.6 Å². The molecule has 1 aliphatic carbocycles. The Morgan fingerprint density at radius 2 is 2.25 bits per heavy atom. The molecule has 0 radical (unpaired) electrons. The van der Waals surface area contributed by atoms with Crippen molar-refractivity contribution in [1.82, 2.24) is 0 Å². The topological polar surface area (TPSA) is 26.3 Å². The first-order valence-corrected chi connectivity index (χ1v) is 5.60. The number of benzene rings is 1. The lowest BCUT2D eigenvalue weighted by molar-refractivity contribution is 0.101. The number of Topliss-reactive ketones (excluding diaryl/α,β-unsaturated/α-hetero) is 1. The molecule has 0 heterocycles. The number of rotatable bonds is 4. The molecule has 16 heavy (non-hydrogen) atoms. The summed E-state index contributed by atoms with van der Waals surface area (Å²) in [6.07, 6.45) is 3.59. The normalized spacial score (nSPS) is 15.6. The van der Waals surface area contributed by atoms with Gasteiger partial charge in [0.2, 0.25) is 0 Å². The molecule has 1 fully saturated rings. The summed E-state index contributed by atoms with van der Waals surface area (Å²) < 4.78 is 18.6. The lowest BCUT2D eigenvalue weighted by atomic mass is 9.86. The first kappa shape index (κ1) is 11.1. The molecule has 1 aliphatic rings. The molecule has 0 atom stereocenters. The van der Waals surface area contributed by atoms with Crippen LogP contribution in [-0.2, 0) is 0 Å². The van der Waals surface area contributed by atoms with Crippen LogP contribution in [0.25, 0.3) is 0 Å². The predicted octanol–water partition coefficient (Wildman–Crippen LogP) is 3.21. The number of hydrogen-bond acceptors (Lipinski definition) is 2. The van der Waals surface area contributed by atoms with E-state index in [1.807, 2.05) is 0 Å². The molecule has 1 saturated carbocycles. The third kappa shape index (κ3) is 2.40. The Morgan fingerprint density at radius 1 is 1.50 bits per heavy atom. The molecule has 0 bridgehead atoms. The number of ketones is 1. The highest BCUT2D eigenvalue weighted by atomic mass is 19.1. The first-order chi connectivity index (χ1) is 7.66. The minimum atomic E-state index is -0.367. The summed E-state index contributed by atoms with van der Waals surface area (Å²) >= 11 is 0. The van der Waals surface area contributed by atoms with Gasteiger partial charge in [-0.15, -0.1) is 0 Å². The highest BCUT2D eigenvalue weighted by Gasteiger charge is 2.19. The molecule has 2 rings (SSSR count). The molecule has 0 N–H and O–H groups in total. The van der Waals surface area contributed by atoms with Gasteiger partial charge in [0.25, 0.3) is 0 Å². The largest absolute Gasteiger partial charge is 0.492 e. The summed E-state index contributed by atoms with van der Waals surface area (Å²) in [5.74, 6) is 0.486. The summed E-state index contributed by atoms with van der Waals surface area (Å²) in [7, 11) is 0. The fraction of sp³-hybridized carbons (Fsp3) is 0.462. The zero-order valence-corrected chi connectivity index (χ0v) is 9.33. The molecule has 0 aliphatic heterocycles. The number of ether oxygens (including phenoxy) is 1. The lowest BCUT2D eigenvalue weighted by Gasteiger charge is -2.25. The summed E-state index contributed by atoms with van der Waals surface area (Å²) in [5, 5.41) is 0. The van der Waals surface area contributed by atoms with E-state index in [1.165, 1.54) is 44.4 Å². The van der Waals surface area contributed by atoms with Gasteiger partial charge in [0, 0.05) is 6.07 Å². The van der Waals surface area contributed by atoms with Crippen LogP contribution in [0.5, 0.6) is 5.75 Å². The summed E-state index contributed by atoms with van der Waals surface area (Å²) in [4.78, 5) is 11.3. The van der Waals surface area contributed by atoms with Crippen molar-refractivity contribution in [3.05, 3.63) is 29.6 Å². The lowest BCUT2D eigenvalue weighted by Crippen LogP contribution is -2.20. The molecule has 0 unspecified atom stereocenters. The minimum absolute atomic E-state index is 0.0939. The van der Waals surface area contributed by atoms with Crippen LogP contribution in [0.4, 0.5) is 4.39 Å². The van der Waals surface area contributed by atoms with E-state index in [1.54, 1.807) is 0 Å². The Kier molecular flexibility index (Phi) is 3.22. The maximum atomic E-state index is 13.0. The van der Waals surface area contributed by atoms with Gasteiger partial charge >= 0.3 is 0 Å². The third-order valence-electron chi connectivity index (χ3n) is 3.02. The molecule has 1 aromatic rings. The quantitative estimate of drug-likeness (QED) is 0.731. The van der Waals surface area contributed by atoms with Gasteiger partial charge < -0.3 is 4.74 Å². The highest BCUT2D eigenvalue weighted by molar-refractivity contribution is 5.96. The van der Waals surface area contributed by atoms with Gasteiger partial charge in [-0.25, -0.2) is 4.39 Å². The Labute approximate surface area is 94.4 Å². The van der Waals surface area contributed by atoms with E-state index < -0.39 is 0 Å². The highest BCUT2D eigenvalue weighted by Crippen LogP contribution is 2.28. The molecule has 2 nitrogen and oxygen atoms in total. The van der Waals surface area contributed by atoms with Crippen LogP contribution < -0.4 is 4.74 Å². The second kappa shape index (κ2) is 4.64. The van der Waals surface area contributed by atoms with Gasteiger partial charge in [0.15, 0.2) is 5.78 Å². The fourth-order valence-corrected chi connectivity index (χ4v) is 1.77. The molecule has 0 spiro atoms. The Bertz CT molecular complexity index is 397. The van der Waals surface area contributed by atoms with E-state index in [0.717, 1.165) is 0 Å². The molecular weight excluding hydrogens is 207 g/mol. The second-order valence-electron chi connectivity index (χ2n) is 4.30. The average molecular weight is 222 g/mol. The maximum Gasteiger partial charge on any atom is 0.163 e. The van der Waals surface area contributed by atoms with Gasteiger partial charge in [-0.1, -0.05) is 6.42 Å². The molecule has 0 aromatic heterocycles. The molecular formula is C13H15FO2. The molecule has 0 amide bonds. The van der Waals surface area contributed by atoms with Crippen molar-refractivity contribution in [2.75, 3.05) is 6.61 Å². The first-order valence-electron chi connectivity index (χ1n) is 5.60. The van der Waals surface area contributed by atoms with Gasteiger partial charge in [-0.3, -0.25) is 4.79 Å². The zero-order chi connectivity index (χ0) is 11.5. The van der Waals surface area contributed by atoms with Crippen LogP contribution in [0, 0.1) is 11.7 Å². The van der Waals surface area contributed by atoms with E-state index in [0.29, 0.717) is 23.8 Å². The van der Waals surface area contributed by atoms with Crippen LogP contribution in [0.3, 0.4) is 0 Å². The van der Waals surface area contributed by atoms with Gasteiger partial charge in [0.05, 0.1) is 12.2 Å².